The Balaban J connectivity index is 1.87. The number of carbonyl (C=O) groups excluding carboxylic acids is 2. The zero-order chi connectivity index (χ0) is 18.4. The number of aryl methyl sites for hydroxylation is 2. The van der Waals surface area contributed by atoms with E-state index in [1.807, 2.05) is 32.0 Å². The van der Waals surface area contributed by atoms with E-state index in [1.54, 1.807) is 36.2 Å². The molecule has 5 nitrogen and oxygen atoms in total. The number of anilines is 2. The predicted octanol–water partition coefficient (Wildman–Crippen LogP) is 3.47. The van der Waals surface area contributed by atoms with Crippen LogP contribution < -0.4 is 10.6 Å². The SMILES string of the molecule is Cc1cccc(C)c1NC(=O)CN(C)CC(=O)Nc1ccccc1Cl. The molecule has 2 rings (SSSR count). The number of para-hydroxylation sites is 2. The van der Waals surface area contributed by atoms with Gasteiger partial charge >= 0.3 is 0 Å². The van der Waals surface area contributed by atoms with Crippen molar-refractivity contribution in [3.05, 3.63) is 58.6 Å². The maximum atomic E-state index is 12.2. The molecular weight excluding hydrogens is 338 g/mol. The fourth-order valence-electron chi connectivity index (χ4n) is 2.49. The number of hydrogen-bond donors (Lipinski definition) is 2. The van der Waals surface area contributed by atoms with Crippen molar-refractivity contribution in [1.82, 2.24) is 4.90 Å². The van der Waals surface area contributed by atoms with Gasteiger partial charge < -0.3 is 10.6 Å². The smallest absolute Gasteiger partial charge is 0.238 e. The first-order valence-electron chi connectivity index (χ1n) is 7.96. The van der Waals surface area contributed by atoms with E-state index in [9.17, 15) is 9.59 Å². The van der Waals surface area contributed by atoms with Crippen LogP contribution in [0.25, 0.3) is 0 Å². The van der Waals surface area contributed by atoms with Gasteiger partial charge in [-0.25, -0.2) is 0 Å². The zero-order valence-electron chi connectivity index (χ0n) is 14.6. The fourth-order valence-corrected chi connectivity index (χ4v) is 2.67. The molecule has 2 aromatic rings. The van der Waals surface area contributed by atoms with Gasteiger partial charge in [0.25, 0.3) is 0 Å². The van der Waals surface area contributed by atoms with Gasteiger partial charge in [0, 0.05) is 5.69 Å². The number of amides is 2. The molecule has 0 aliphatic heterocycles. The topological polar surface area (TPSA) is 61.4 Å². The molecule has 25 heavy (non-hydrogen) atoms. The van der Waals surface area contributed by atoms with E-state index in [-0.39, 0.29) is 24.9 Å². The quantitative estimate of drug-likeness (QED) is 0.830. The minimum atomic E-state index is -0.226. The Hall–Kier alpha value is -2.37. The van der Waals surface area contributed by atoms with Crippen molar-refractivity contribution in [2.75, 3.05) is 30.8 Å². The van der Waals surface area contributed by atoms with Crippen molar-refractivity contribution in [2.24, 2.45) is 0 Å². The number of likely N-dealkylation sites (N-methyl/N-ethyl adjacent to an activating group) is 1. The van der Waals surface area contributed by atoms with Gasteiger partial charge in [-0.3, -0.25) is 14.5 Å². The first kappa shape index (κ1) is 19.0. The Morgan fingerprint density at radius 1 is 0.920 bits per heavy atom. The molecular formula is C19H22ClN3O2. The van der Waals surface area contributed by atoms with Crippen LogP contribution in [0.4, 0.5) is 11.4 Å². The summed E-state index contributed by atoms with van der Waals surface area (Å²) >= 11 is 6.02. The van der Waals surface area contributed by atoms with Crippen LogP contribution in [0.1, 0.15) is 11.1 Å². The van der Waals surface area contributed by atoms with Crippen LogP contribution in [0.3, 0.4) is 0 Å². The summed E-state index contributed by atoms with van der Waals surface area (Å²) in [4.78, 5) is 25.9. The lowest BCUT2D eigenvalue weighted by molar-refractivity contribution is -0.119. The van der Waals surface area contributed by atoms with Crippen LogP contribution in [-0.2, 0) is 9.59 Å². The van der Waals surface area contributed by atoms with E-state index >= 15 is 0 Å². The lowest BCUT2D eigenvalue weighted by atomic mass is 10.1. The van der Waals surface area contributed by atoms with E-state index < -0.39 is 0 Å². The summed E-state index contributed by atoms with van der Waals surface area (Å²) in [7, 11) is 1.72. The number of nitrogens with zero attached hydrogens (tertiary/aromatic N) is 1. The molecule has 0 radical (unpaired) electrons. The minimum Gasteiger partial charge on any atom is -0.324 e. The summed E-state index contributed by atoms with van der Waals surface area (Å²) in [6.07, 6.45) is 0. The lowest BCUT2D eigenvalue weighted by Gasteiger charge is -2.17. The maximum absolute atomic E-state index is 12.2. The Labute approximate surface area is 153 Å². The number of benzene rings is 2. The summed E-state index contributed by atoms with van der Waals surface area (Å²) in [6.45, 7) is 4.10. The monoisotopic (exact) mass is 359 g/mol. The van der Waals surface area contributed by atoms with Gasteiger partial charge in [-0.15, -0.1) is 0 Å². The number of carbonyl (C=O) groups is 2. The van der Waals surface area contributed by atoms with Crippen molar-refractivity contribution < 1.29 is 9.59 Å². The highest BCUT2D eigenvalue weighted by Gasteiger charge is 2.13. The van der Waals surface area contributed by atoms with E-state index in [0.29, 0.717) is 10.7 Å². The minimum absolute atomic E-state index is 0.0887. The normalized spacial score (nSPS) is 10.6. The fraction of sp³-hybridized carbons (Fsp3) is 0.263. The average molecular weight is 360 g/mol. The van der Waals surface area contributed by atoms with Gasteiger partial charge in [-0.1, -0.05) is 41.9 Å². The molecule has 132 valence electrons. The zero-order valence-corrected chi connectivity index (χ0v) is 15.4. The van der Waals surface area contributed by atoms with Crippen molar-refractivity contribution in [1.29, 1.82) is 0 Å². The maximum Gasteiger partial charge on any atom is 0.238 e. The molecule has 6 heteroatoms. The summed E-state index contributed by atoms with van der Waals surface area (Å²) in [5.74, 6) is -0.388. The Kier molecular flexibility index (Phi) is 6.56. The van der Waals surface area contributed by atoms with E-state index in [2.05, 4.69) is 10.6 Å². The van der Waals surface area contributed by atoms with E-state index in [0.717, 1.165) is 16.8 Å². The van der Waals surface area contributed by atoms with Crippen LogP contribution in [0, 0.1) is 13.8 Å². The molecule has 0 aliphatic rings. The molecule has 2 aromatic carbocycles. The molecule has 0 aliphatic carbocycles. The molecule has 0 saturated carbocycles. The van der Waals surface area contributed by atoms with Crippen LogP contribution in [0.2, 0.25) is 5.02 Å². The van der Waals surface area contributed by atoms with E-state index in [4.69, 9.17) is 11.6 Å². The van der Waals surface area contributed by atoms with Crippen LogP contribution in [0.5, 0.6) is 0 Å². The molecule has 2 amide bonds. The van der Waals surface area contributed by atoms with Crippen LogP contribution in [-0.4, -0.2) is 36.9 Å². The van der Waals surface area contributed by atoms with Gasteiger partial charge in [0.1, 0.15) is 0 Å². The number of rotatable bonds is 6. The van der Waals surface area contributed by atoms with Crippen LogP contribution in [0.15, 0.2) is 42.5 Å². The predicted molar refractivity (Wildman–Crippen MR) is 102 cm³/mol. The van der Waals surface area contributed by atoms with Crippen LogP contribution >= 0.6 is 11.6 Å². The summed E-state index contributed by atoms with van der Waals surface area (Å²) in [5.41, 5.74) is 3.39. The average Bonchev–Trinajstić information content (AvgIpc) is 2.53. The van der Waals surface area contributed by atoms with E-state index in [1.165, 1.54) is 0 Å². The first-order chi connectivity index (χ1) is 11.9. The first-order valence-corrected chi connectivity index (χ1v) is 8.33. The molecule has 0 unspecified atom stereocenters. The van der Waals surface area contributed by atoms with Gasteiger partial charge in [0.15, 0.2) is 0 Å². The second-order valence-corrected chi connectivity index (χ2v) is 6.42. The third-order valence-electron chi connectivity index (χ3n) is 3.72. The molecule has 0 heterocycles. The van der Waals surface area contributed by atoms with Crippen molar-refractivity contribution in [3.8, 4) is 0 Å². The third kappa shape index (κ3) is 5.59. The molecule has 0 aromatic heterocycles. The van der Waals surface area contributed by atoms with Crippen molar-refractivity contribution in [3.63, 3.8) is 0 Å². The molecule has 2 N–H and O–H groups in total. The second-order valence-electron chi connectivity index (χ2n) is 6.02. The highest BCUT2D eigenvalue weighted by Crippen LogP contribution is 2.20. The number of nitrogens with one attached hydrogen (secondary N) is 2. The molecule has 0 bridgehead atoms. The van der Waals surface area contributed by atoms with Gasteiger partial charge in [0.2, 0.25) is 11.8 Å². The molecule has 0 atom stereocenters. The Morgan fingerprint density at radius 3 is 2.08 bits per heavy atom. The van der Waals surface area contributed by atoms with Gasteiger partial charge in [0.05, 0.1) is 23.8 Å². The summed E-state index contributed by atoms with van der Waals surface area (Å²) in [6, 6.07) is 12.9. The summed E-state index contributed by atoms with van der Waals surface area (Å²) in [5, 5.41) is 6.12. The van der Waals surface area contributed by atoms with Crippen molar-refractivity contribution >= 4 is 34.8 Å². The molecule has 0 spiro atoms. The standard InChI is InChI=1S/C19H22ClN3O2/c1-13-7-6-8-14(2)19(13)22-18(25)12-23(3)11-17(24)21-16-10-5-4-9-15(16)20/h4-10H,11-12H2,1-3H3,(H,21,24)(H,22,25). The Bertz CT molecular complexity index is 757. The largest absolute Gasteiger partial charge is 0.324 e. The van der Waals surface area contributed by atoms with Gasteiger partial charge in [-0.05, 0) is 44.2 Å². The van der Waals surface area contributed by atoms with Gasteiger partial charge in [-0.2, -0.15) is 0 Å². The summed E-state index contributed by atoms with van der Waals surface area (Å²) < 4.78 is 0. The Morgan fingerprint density at radius 2 is 1.48 bits per heavy atom. The van der Waals surface area contributed by atoms with Crippen molar-refractivity contribution in [2.45, 2.75) is 13.8 Å². The highest BCUT2D eigenvalue weighted by atomic mass is 35.5. The highest BCUT2D eigenvalue weighted by molar-refractivity contribution is 6.33. The number of hydrogen-bond acceptors (Lipinski definition) is 3. The second kappa shape index (κ2) is 8.65. The number of halogens is 1. The third-order valence-corrected chi connectivity index (χ3v) is 4.05. The lowest BCUT2D eigenvalue weighted by Crippen LogP contribution is -2.36. The molecule has 0 saturated heterocycles. The molecule has 0 fully saturated rings.